The maximum Gasteiger partial charge on any atom is 0.193 e. The number of nitrogens with zero attached hydrogens (tertiary/aromatic N) is 4. The Morgan fingerprint density at radius 3 is 2.78 bits per heavy atom. The third-order valence-corrected chi connectivity index (χ3v) is 5.48. The van der Waals surface area contributed by atoms with Crippen LogP contribution in [0.1, 0.15) is 37.7 Å². The summed E-state index contributed by atoms with van der Waals surface area (Å²) in [5.41, 5.74) is 1.25. The summed E-state index contributed by atoms with van der Waals surface area (Å²) in [6.45, 7) is 5.89. The molecule has 0 bridgehead atoms. The summed E-state index contributed by atoms with van der Waals surface area (Å²) in [5, 5.41) is 3.50. The van der Waals surface area contributed by atoms with Gasteiger partial charge < -0.3 is 19.9 Å². The smallest absolute Gasteiger partial charge is 0.193 e. The molecule has 0 aromatic carbocycles. The van der Waals surface area contributed by atoms with Crippen LogP contribution in [0.5, 0.6) is 0 Å². The lowest BCUT2D eigenvalue weighted by Crippen LogP contribution is -2.39. The highest BCUT2D eigenvalue weighted by Gasteiger charge is 2.16. The summed E-state index contributed by atoms with van der Waals surface area (Å²) >= 11 is 0. The minimum Gasteiger partial charge on any atom is -0.381 e. The van der Waals surface area contributed by atoms with Gasteiger partial charge in [-0.05, 0) is 55.7 Å². The molecule has 1 aromatic rings. The average molecular weight is 487 g/mol. The minimum absolute atomic E-state index is 0. The first-order valence-electron chi connectivity index (χ1n) is 9.95. The van der Waals surface area contributed by atoms with Crippen LogP contribution in [0.15, 0.2) is 23.3 Å². The van der Waals surface area contributed by atoms with Crippen LogP contribution in [0.25, 0.3) is 0 Å². The van der Waals surface area contributed by atoms with E-state index in [1.165, 1.54) is 37.7 Å². The number of anilines is 1. The molecule has 0 unspecified atom stereocenters. The zero-order valence-electron chi connectivity index (χ0n) is 16.7. The van der Waals surface area contributed by atoms with E-state index in [1.54, 1.807) is 0 Å². The van der Waals surface area contributed by atoms with Crippen LogP contribution in [0.4, 0.5) is 5.82 Å². The van der Waals surface area contributed by atoms with Gasteiger partial charge in [0.1, 0.15) is 5.82 Å². The number of halogens is 1. The van der Waals surface area contributed by atoms with Crippen LogP contribution in [-0.2, 0) is 11.3 Å². The number of hydrogen-bond donors (Lipinski definition) is 1. The highest BCUT2D eigenvalue weighted by atomic mass is 127. The second-order valence-corrected chi connectivity index (χ2v) is 7.38. The highest BCUT2D eigenvalue weighted by molar-refractivity contribution is 14.0. The summed E-state index contributed by atoms with van der Waals surface area (Å²) in [5.74, 6) is 2.84. The van der Waals surface area contributed by atoms with E-state index in [1.807, 2.05) is 13.2 Å². The fourth-order valence-electron chi connectivity index (χ4n) is 3.77. The molecule has 2 aliphatic heterocycles. The summed E-state index contributed by atoms with van der Waals surface area (Å²) in [4.78, 5) is 13.6. The molecule has 0 spiro atoms. The molecular formula is C20H34IN5O. The van der Waals surface area contributed by atoms with Gasteiger partial charge in [0.05, 0.1) is 0 Å². The van der Waals surface area contributed by atoms with Gasteiger partial charge in [-0.3, -0.25) is 4.99 Å². The molecule has 152 valence electrons. The quantitative estimate of drug-likeness (QED) is 0.380. The first-order chi connectivity index (χ1) is 12.8. The van der Waals surface area contributed by atoms with Crippen LogP contribution in [0.2, 0.25) is 0 Å². The molecule has 1 aromatic heterocycles. The second-order valence-electron chi connectivity index (χ2n) is 7.38. The number of nitrogens with one attached hydrogen (secondary N) is 1. The van der Waals surface area contributed by atoms with E-state index in [4.69, 9.17) is 4.74 Å². The maximum absolute atomic E-state index is 5.45. The van der Waals surface area contributed by atoms with E-state index >= 15 is 0 Å². The van der Waals surface area contributed by atoms with E-state index in [2.05, 4.69) is 44.3 Å². The topological polar surface area (TPSA) is 53.0 Å². The standard InChI is InChI=1S/C20H33N5O.HI/c1-21-20(24(2)12-6-17-7-13-26-14-8-17)23-16-18-5-9-22-19(15-18)25-10-3-4-11-25;/h5,9,15,17H,3-4,6-8,10-14,16H2,1-2H3,(H,21,23);1H. The molecule has 0 radical (unpaired) electrons. The van der Waals surface area contributed by atoms with Crippen molar-refractivity contribution in [1.82, 2.24) is 15.2 Å². The molecule has 2 fully saturated rings. The van der Waals surface area contributed by atoms with Crippen LogP contribution in [-0.4, -0.2) is 62.8 Å². The van der Waals surface area contributed by atoms with Crippen molar-refractivity contribution in [2.45, 2.75) is 38.6 Å². The molecule has 3 heterocycles. The number of aromatic nitrogens is 1. The molecule has 27 heavy (non-hydrogen) atoms. The summed E-state index contributed by atoms with van der Waals surface area (Å²) in [7, 11) is 3.98. The van der Waals surface area contributed by atoms with Crippen molar-refractivity contribution in [2.24, 2.45) is 10.9 Å². The Balaban J connectivity index is 0.00000261. The molecule has 7 heteroatoms. The van der Waals surface area contributed by atoms with Crippen molar-refractivity contribution < 1.29 is 4.74 Å². The van der Waals surface area contributed by atoms with Gasteiger partial charge >= 0.3 is 0 Å². The zero-order chi connectivity index (χ0) is 18.2. The van der Waals surface area contributed by atoms with E-state index in [0.717, 1.165) is 57.1 Å². The Labute approximate surface area is 180 Å². The Bertz CT molecular complexity index is 585. The van der Waals surface area contributed by atoms with Gasteiger partial charge in [-0.15, -0.1) is 24.0 Å². The predicted octanol–water partition coefficient (Wildman–Crippen LogP) is 3.12. The molecule has 0 amide bonds. The monoisotopic (exact) mass is 487 g/mol. The Morgan fingerprint density at radius 1 is 1.33 bits per heavy atom. The lowest BCUT2D eigenvalue weighted by molar-refractivity contribution is 0.0625. The van der Waals surface area contributed by atoms with Crippen molar-refractivity contribution in [2.75, 3.05) is 51.8 Å². The van der Waals surface area contributed by atoms with Gasteiger partial charge in [0.15, 0.2) is 5.96 Å². The van der Waals surface area contributed by atoms with Gasteiger partial charge in [0, 0.05) is 59.7 Å². The van der Waals surface area contributed by atoms with Crippen molar-refractivity contribution in [3.05, 3.63) is 23.9 Å². The van der Waals surface area contributed by atoms with Crippen LogP contribution in [0, 0.1) is 5.92 Å². The number of aliphatic imine (C=N–C) groups is 1. The third-order valence-electron chi connectivity index (χ3n) is 5.48. The summed E-state index contributed by atoms with van der Waals surface area (Å²) in [6.07, 6.45) is 8.05. The summed E-state index contributed by atoms with van der Waals surface area (Å²) in [6, 6.07) is 4.29. The number of pyridine rings is 1. The van der Waals surface area contributed by atoms with Gasteiger partial charge in [-0.2, -0.15) is 0 Å². The average Bonchev–Trinajstić information content (AvgIpc) is 3.23. The van der Waals surface area contributed by atoms with Crippen molar-refractivity contribution in [1.29, 1.82) is 0 Å². The van der Waals surface area contributed by atoms with Gasteiger partial charge in [-0.25, -0.2) is 4.98 Å². The molecule has 2 saturated heterocycles. The van der Waals surface area contributed by atoms with E-state index in [9.17, 15) is 0 Å². The predicted molar refractivity (Wildman–Crippen MR) is 122 cm³/mol. The van der Waals surface area contributed by atoms with Crippen LogP contribution in [0.3, 0.4) is 0 Å². The second kappa shape index (κ2) is 11.7. The van der Waals surface area contributed by atoms with E-state index < -0.39 is 0 Å². The molecule has 3 rings (SSSR count). The number of guanidine groups is 1. The van der Waals surface area contributed by atoms with Crippen LogP contribution >= 0.6 is 24.0 Å². The molecule has 0 saturated carbocycles. The first-order valence-corrected chi connectivity index (χ1v) is 9.95. The molecule has 1 N–H and O–H groups in total. The third kappa shape index (κ3) is 6.78. The number of hydrogen-bond acceptors (Lipinski definition) is 4. The minimum atomic E-state index is 0. The fourth-order valence-corrected chi connectivity index (χ4v) is 3.77. The Hall–Kier alpha value is -1.09. The van der Waals surface area contributed by atoms with E-state index in [-0.39, 0.29) is 24.0 Å². The Kier molecular flexibility index (Phi) is 9.61. The zero-order valence-corrected chi connectivity index (χ0v) is 19.0. The van der Waals surface area contributed by atoms with Crippen molar-refractivity contribution in [3.63, 3.8) is 0 Å². The number of ether oxygens (including phenoxy) is 1. The van der Waals surface area contributed by atoms with Crippen molar-refractivity contribution >= 4 is 35.8 Å². The van der Waals surface area contributed by atoms with Gasteiger partial charge in [0.2, 0.25) is 0 Å². The van der Waals surface area contributed by atoms with Crippen molar-refractivity contribution in [3.8, 4) is 0 Å². The molecule has 0 aliphatic carbocycles. The van der Waals surface area contributed by atoms with Crippen LogP contribution < -0.4 is 10.2 Å². The maximum atomic E-state index is 5.45. The largest absolute Gasteiger partial charge is 0.381 e. The lowest BCUT2D eigenvalue weighted by atomic mass is 9.96. The molecule has 2 aliphatic rings. The fraction of sp³-hybridized carbons (Fsp3) is 0.700. The van der Waals surface area contributed by atoms with Gasteiger partial charge in [0.25, 0.3) is 0 Å². The highest BCUT2D eigenvalue weighted by Crippen LogP contribution is 2.19. The molecule has 0 atom stereocenters. The Morgan fingerprint density at radius 2 is 2.07 bits per heavy atom. The first kappa shape index (κ1) is 22.2. The SMILES string of the molecule is CN=C(NCc1ccnc(N2CCCC2)c1)N(C)CCC1CCOCC1.I. The normalized spacial score (nSPS) is 18.3. The molecular weight excluding hydrogens is 453 g/mol. The molecule has 6 nitrogen and oxygen atoms in total. The number of rotatable bonds is 6. The van der Waals surface area contributed by atoms with Gasteiger partial charge in [-0.1, -0.05) is 0 Å². The van der Waals surface area contributed by atoms with E-state index in [0.29, 0.717) is 0 Å². The lowest BCUT2D eigenvalue weighted by Gasteiger charge is -2.27. The summed E-state index contributed by atoms with van der Waals surface area (Å²) < 4.78 is 5.45.